The van der Waals surface area contributed by atoms with Gasteiger partial charge < -0.3 is 9.64 Å². The first-order valence-electron chi connectivity index (χ1n) is 6.97. The van der Waals surface area contributed by atoms with Crippen LogP contribution in [-0.2, 0) is 9.53 Å². The van der Waals surface area contributed by atoms with Gasteiger partial charge >= 0.3 is 5.97 Å². The van der Waals surface area contributed by atoms with Crippen LogP contribution in [-0.4, -0.2) is 36.0 Å². The molecule has 0 spiro atoms. The molecule has 1 aromatic carbocycles. The molecule has 0 N–H and O–H groups in total. The summed E-state index contributed by atoms with van der Waals surface area (Å²) in [4.78, 5) is 25.7. The van der Waals surface area contributed by atoms with E-state index in [2.05, 4.69) is 0 Å². The van der Waals surface area contributed by atoms with Gasteiger partial charge in [-0.1, -0.05) is 0 Å². The largest absolute Gasteiger partial charge is 0.464 e. The summed E-state index contributed by atoms with van der Waals surface area (Å²) in [5.41, 5.74) is 0.0325. The molecular formula is C15H17F2NO3. The highest BCUT2D eigenvalue weighted by atomic mass is 19.2. The smallest absolute Gasteiger partial charge is 0.328 e. The van der Waals surface area contributed by atoms with Gasteiger partial charge in [0.25, 0.3) is 5.91 Å². The molecule has 1 aromatic rings. The van der Waals surface area contributed by atoms with Crippen molar-refractivity contribution in [2.75, 3.05) is 13.2 Å². The fourth-order valence-corrected chi connectivity index (χ4v) is 2.45. The van der Waals surface area contributed by atoms with Crippen LogP contribution >= 0.6 is 0 Å². The van der Waals surface area contributed by atoms with E-state index in [9.17, 15) is 18.4 Å². The van der Waals surface area contributed by atoms with Gasteiger partial charge in [-0.3, -0.25) is 4.79 Å². The number of nitrogens with zero attached hydrogens (tertiary/aromatic N) is 1. The number of piperidine rings is 1. The van der Waals surface area contributed by atoms with E-state index >= 15 is 0 Å². The maximum atomic E-state index is 13.2. The average Bonchev–Trinajstić information content (AvgIpc) is 2.49. The van der Waals surface area contributed by atoms with Crippen molar-refractivity contribution >= 4 is 11.9 Å². The van der Waals surface area contributed by atoms with Crippen LogP contribution in [0, 0.1) is 11.6 Å². The summed E-state index contributed by atoms with van der Waals surface area (Å²) in [6, 6.07) is 2.33. The third-order valence-corrected chi connectivity index (χ3v) is 3.49. The van der Waals surface area contributed by atoms with Gasteiger partial charge in [0.05, 0.1) is 6.61 Å². The lowest BCUT2D eigenvalue weighted by Crippen LogP contribution is -2.48. The van der Waals surface area contributed by atoms with Crippen molar-refractivity contribution in [3.05, 3.63) is 35.4 Å². The number of carbonyl (C=O) groups excluding carboxylic acids is 2. The topological polar surface area (TPSA) is 46.6 Å². The van der Waals surface area contributed by atoms with E-state index in [-0.39, 0.29) is 12.2 Å². The van der Waals surface area contributed by atoms with E-state index in [0.29, 0.717) is 13.0 Å². The predicted molar refractivity (Wildman–Crippen MR) is 71.7 cm³/mol. The molecule has 0 aliphatic carbocycles. The van der Waals surface area contributed by atoms with Gasteiger partial charge in [-0.15, -0.1) is 0 Å². The normalized spacial score (nSPS) is 18.4. The van der Waals surface area contributed by atoms with Crippen molar-refractivity contribution in [3.8, 4) is 0 Å². The minimum absolute atomic E-state index is 0.0325. The van der Waals surface area contributed by atoms with Crippen molar-refractivity contribution in [3.63, 3.8) is 0 Å². The molecule has 4 nitrogen and oxygen atoms in total. The minimum Gasteiger partial charge on any atom is -0.464 e. The zero-order valence-corrected chi connectivity index (χ0v) is 11.8. The van der Waals surface area contributed by atoms with Crippen LogP contribution in [0.3, 0.4) is 0 Å². The maximum absolute atomic E-state index is 13.2. The van der Waals surface area contributed by atoms with Crippen molar-refractivity contribution in [2.24, 2.45) is 0 Å². The molecule has 114 valence electrons. The fourth-order valence-electron chi connectivity index (χ4n) is 2.45. The summed E-state index contributed by atoms with van der Waals surface area (Å²) >= 11 is 0. The van der Waals surface area contributed by atoms with E-state index in [1.54, 1.807) is 6.92 Å². The second-order valence-electron chi connectivity index (χ2n) is 4.89. The van der Waals surface area contributed by atoms with Crippen molar-refractivity contribution in [1.29, 1.82) is 0 Å². The number of carbonyl (C=O) groups is 2. The highest BCUT2D eigenvalue weighted by Crippen LogP contribution is 2.21. The molecule has 1 aliphatic rings. The number of benzene rings is 1. The maximum Gasteiger partial charge on any atom is 0.328 e. The van der Waals surface area contributed by atoms with Gasteiger partial charge in [-0.25, -0.2) is 13.6 Å². The zero-order valence-electron chi connectivity index (χ0n) is 11.8. The van der Waals surface area contributed by atoms with Crippen LogP contribution in [0.2, 0.25) is 0 Å². The summed E-state index contributed by atoms with van der Waals surface area (Å²) < 4.78 is 31.2. The molecule has 1 aliphatic heterocycles. The summed E-state index contributed by atoms with van der Waals surface area (Å²) in [6.45, 7) is 2.34. The molecule has 0 bridgehead atoms. The first kappa shape index (κ1) is 15.4. The molecule has 2 rings (SSSR count). The van der Waals surface area contributed by atoms with Gasteiger partial charge in [-0.2, -0.15) is 0 Å². The molecule has 1 saturated heterocycles. The molecule has 6 heteroatoms. The average molecular weight is 297 g/mol. The first-order chi connectivity index (χ1) is 10.0. The summed E-state index contributed by atoms with van der Waals surface area (Å²) in [5.74, 6) is -3.02. The Kier molecular flexibility index (Phi) is 4.88. The fraction of sp³-hybridized carbons (Fsp3) is 0.467. The predicted octanol–water partition coefficient (Wildman–Crippen LogP) is 2.52. The number of likely N-dealkylation sites (tertiary alicyclic amines) is 1. The lowest BCUT2D eigenvalue weighted by Gasteiger charge is -2.34. The Labute approximate surface area is 121 Å². The van der Waals surface area contributed by atoms with Crippen molar-refractivity contribution in [1.82, 2.24) is 4.90 Å². The lowest BCUT2D eigenvalue weighted by molar-refractivity contribution is -0.149. The molecule has 0 radical (unpaired) electrons. The lowest BCUT2D eigenvalue weighted by atomic mass is 10.0. The molecule has 0 aromatic heterocycles. The van der Waals surface area contributed by atoms with E-state index in [1.807, 2.05) is 0 Å². The molecular weight excluding hydrogens is 280 g/mol. The van der Waals surface area contributed by atoms with Crippen molar-refractivity contribution < 1.29 is 23.1 Å². The van der Waals surface area contributed by atoms with Gasteiger partial charge in [-0.05, 0) is 44.4 Å². The third-order valence-electron chi connectivity index (χ3n) is 3.49. The zero-order chi connectivity index (χ0) is 15.4. The van der Waals surface area contributed by atoms with Crippen LogP contribution in [0.15, 0.2) is 18.2 Å². The summed E-state index contributed by atoms with van der Waals surface area (Å²) in [7, 11) is 0. The van der Waals surface area contributed by atoms with Crippen molar-refractivity contribution in [2.45, 2.75) is 32.2 Å². The van der Waals surface area contributed by atoms with Gasteiger partial charge in [0.1, 0.15) is 6.04 Å². The Morgan fingerprint density at radius 1 is 1.29 bits per heavy atom. The highest BCUT2D eigenvalue weighted by Gasteiger charge is 2.33. The SMILES string of the molecule is CCOC(=O)C1CCCCN1C(=O)c1ccc(F)c(F)c1. The molecule has 1 unspecified atom stereocenters. The van der Waals surface area contributed by atoms with Crippen LogP contribution in [0.1, 0.15) is 36.5 Å². The standard InChI is InChI=1S/C15H17F2NO3/c1-2-21-15(20)13-5-3-4-8-18(13)14(19)10-6-7-11(16)12(17)9-10/h6-7,9,13H,2-5,8H2,1H3. The molecule has 1 fully saturated rings. The number of esters is 1. The highest BCUT2D eigenvalue weighted by molar-refractivity contribution is 5.97. The number of hydrogen-bond acceptors (Lipinski definition) is 3. The molecule has 21 heavy (non-hydrogen) atoms. The van der Waals surface area contributed by atoms with E-state index in [4.69, 9.17) is 4.74 Å². The molecule has 0 saturated carbocycles. The second kappa shape index (κ2) is 6.65. The quantitative estimate of drug-likeness (QED) is 0.805. The van der Waals surface area contributed by atoms with E-state index in [1.165, 1.54) is 11.0 Å². The number of amides is 1. The number of hydrogen-bond donors (Lipinski definition) is 0. The Hall–Kier alpha value is -1.98. The Morgan fingerprint density at radius 2 is 2.05 bits per heavy atom. The molecule has 1 atom stereocenters. The number of halogens is 2. The Bertz CT molecular complexity index is 548. The first-order valence-corrected chi connectivity index (χ1v) is 6.97. The minimum atomic E-state index is -1.08. The monoisotopic (exact) mass is 297 g/mol. The van der Waals surface area contributed by atoms with Gasteiger partial charge in [0.15, 0.2) is 11.6 Å². The number of rotatable bonds is 3. The van der Waals surface area contributed by atoms with Crippen LogP contribution in [0.5, 0.6) is 0 Å². The van der Waals surface area contributed by atoms with Crippen LogP contribution in [0.25, 0.3) is 0 Å². The summed E-state index contributed by atoms with van der Waals surface area (Å²) in [6.07, 6.45) is 2.12. The Balaban J connectivity index is 2.21. The van der Waals surface area contributed by atoms with Gasteiger partial charge in [0.2, 0.25) is 0 Å². The number of ether oxygens (including phenoxy) is 1. The van der Waals surface area contributed by atoms with Crippen LogP contribution in [0.4, 0.5) is 8.78 Å². The van der Waals surface area contributed by atoms with Gasteiger partial charge in [0, 0.05) is 12.1 Å². The van der Waals surface area contributed by atoms with E-state index in [0.717, 1.165) is 25.0 Å². The molecule has 1 amide bonds. The van der Waals surface area contributed by atoms with Crippen LogP contribution < -0.4 is 0 Å². The van der Waals surface area contributed by atoms with E-state index < -0.39 is 29.6 Å². The second-order valence-corrected chi connectivity index (χ2v) is 4.89. The molecule has 1 heterocycles. The third kappa shape index (κ3) is 3.37. The Morgan fingerprint density at radius 3 is 2.71 bits per heavy atom. The summed E-state index contributed by atoms with van der Waals surface area (Å²) in [5, 5.41) is 0.